The highest BCUT2D eigenvalue weighted by Crippen LogP contribution is 2.24. The number of carbonyl (C=O) groups excluding carboxylic acids is 1. The Bertz CT molecular complexity index is 528. The van der Waals surface area contributed by atoms with E-state index < -0.39 is 5.60 Å². The van der Waals surface area contributed by atoms with Gasteiger partial charge in [-0.25, -0.2) is 4.98 Å². The van der Waals surface area contributed by atoms with Crippen molar-refractivity contribution in [1.82, 2.24) is 19.4 Å². The zero-order valence-corrected chi connectivity index (χ0v) is 15.3. The maximum atomic E-state index is 12.2. The monoisotopic (exact) mass is 338 g/mol. The van der Waals surface area contributed by atoms with E-state index >= 15 is 0 Å². The lowest BCUT2D eigenvalue weighted by atomic mass is 9.97. The molecule has 0 aromatic carbocycles. The molecule has 0 unspecified atom stereocenters. The van der Waals surface area contributed by atoms with Crippen LogP contribution in [0.5, 0.6) is 0 Å². The summed E-state index contributed by atoms with van der Waals surface area (Å²) in [7, 11) is 5.19. The second kappa shape index (κ2) is 8.60. The maximum absolute atomic E-state index is 12.2. The van der Waals surface area contributed by atoms with E-state index in [4.69, 9.17) is 9.47 Å². The van der Waals surface area contributed by atoms with E-state index in [-0.39, 0.29) is 5.91 Å². The molecule has 0 bridgehead atoms. The van der Waals surface area contributed by atoms with Gasteiger partial charge < -0.3 is 18.9 Å². The van der Waals surface area contributed by atoms with Crippen molar-refractivity contribution in [3.63, 3.8) is 0 Å². The highest BCUT2D eigenvalue weighted by Gasteiger charge is 2.39. The first kappa shape index (κ1) is 18.9. The molecule has 1 aliphatic heterocycles. The molecule has 0 saturated carbocycles. The van der Waals surface area contributed by atoms with E-state index in [9.17, 15) is 4.79 Å². The number of hydrogen-bond donors (Lipinski definition) is 0. The van der Waals surface area contributed by atoms with Crippen molar-refractivity contribution in [2.45, 2.75) is 38.5 Å². The second-order valence-corrected chi connectivity index (χ2v) is 6.68. The van der Waals surface area contributed by atoms with Crippen LogP contribution in [-0.2, 0) is 27.4 Å². The van der Waals surface area contributed by atoms with Crippen molar-refractivity contribution in [3.05, 3.63) is 18.2 Å². The Hall–Kier alpha value is -1.44. The summed E-state index contributed by atoms with van der Waals surface area (Å²) < 4.78 is 13.6. The molecule has 1 saturated heterocycles. The van der Waals surface area contributed by atoms with Crippen LogP contribution in [0.15, 0.2) is 12.4 Å². The van der Waals surface area contributed by atoms with Crippen LogP contribution in [0.25, 0.3) is 0 Å². The first-order valence-corrected chi connectivity index (χ1v) is 8.55. The average molecular weight is 338 g/mol. The van der Waals surface area contributed by atoms with Gasteiger partial charge in [-0.1, -0.05) is 6.92 Å². The minimum absolute atomic E-state index is 0.0568. The van der Waals surface area contributed by atoms with Gasteiger partial charge in [-0.15, -0.1) is 0 Å². The molecule has 0 spiro atoms. The Morgan fingerprint density at radius 3 is 2.96 bits per heavy atom. The highest BCUT2D eigenvalue weighted by molar-refractivity contribution is 5.76. The maximum Gasteiger partial charge on any atom is 0.225 e. The van der Waals surface area contributed by atoms with Gasteiger partial charge >= 0.3 is 0 Å². The lowest BCUT2D eigenvalue weighted by Crippen LogP contribution is -2.56. The minimum Gasteiger partial charge on any atom is -0.382 e. The summed E-state index contributed by atoms with van der Waals surface area (Å²) in [5.74, 6) is 1.12. The standard InChI is InChI=1S/C17H30N4O3/c1-5-7-21-8-6-18-15(21)12-20-9-10-24-17(13-20,14-23-4)11-16(22)19(2)3/h6,8H,5,7,9-14H2,1-4H3/t17-/m1/s1. The van der Waals surface area contributed by atoms with Gasteiger partial charge in [0.1, 0.15) is 11.4 Å². The SMILES string of the molecule is CCCn1ccnc1CN1CCO[C@](COC)(CC(=O)N(C)C)C1. The van der Waals surface area contributed by atoms with Gasteiger partial charge in [0.2, 0.25) is 5.91 Å². The Balaban J connectivity index is 2.06. The fraction of sp³-hybridized carbons (Fsp3) is 0.765. The molecule has 2 rings (SSSR count). The lowest BCUT2D eigenvalue weighted by Gasteiger charge is -2.42. The molecule has 0 N–H and O–H groups in total. The van der Waals surface area contributed by atoms with Gasteiger partial charge in [0.05, 0.1) is 26.2 Å². The number of hydrogen-bond acceptors (Lipinski definition) is 5. The molecule has 0 radical (unpaired) electrons. The van der Waals surface area contributed by atoms with Crippen LogP contribution < -0.4 is 0 Å². The van der Waals surface area contributed by atoms with Gasteiger partial charge in [-0.3, -0.25) is 9.69 Å². The van der Waals surface area contributed by atoms with Crippen molar-refractivity contribution in [2.75, 3.05) is 47.5 Å². The molecule has 136 valence electrons. The van der Waals surface area contributed by atoms with Gasteiger partial charge in [0, 0.05) is 53.2 Å². The van der Waals surface area contributed by atoms with Crippen LogP contribution in [-0.4, -0.2) is 78.4 Å². The van der Waals surface area contributed by atoms with E-state index in [1.165, 1.54) is 0 Å². The Labute approximate surface area is 144 Å². The van der Waals surface area contributed by atoms with Crippen molar-refractivity contribution in [3.8, 4) is 0 Å². The number of ether oxygens (including phenoxy) is 2. The molecule has 1 aromatic rings. The molecular weight excluding hydrogens is 308 g/mol. The molecule has 1 aromatic heterocycles. The fourth-order valence-electron chi connectivity index (χ4n) is 3.14. The molecule has 1 aliphatic rings. The third kappa shape index (κ3) is 4.78. The molecular formula is C17H30N4O3. The molecule has 0 aliphatic carbocycles. The predicted octanol–water partition coefficient (Wildman–Crippen LogP) is 0.989. The highest BCUT2D eigenvalue weighted by atomic mass is 16.5. The van der Waals surface area contributed by atoms with E-state index in [0.29, 0.717) is 26.2 Å². The summed E-state index contributed by atoms with van der Waals surface area (Å²) in [5, 5.41) is 0. The van der Waals surface area contributed by atoms with Crippen LogP contribution >= 0.6 is 0 Å². The molecule has 24 heavy (non-hydrogen) atoms. The predicted molar refractivity (Wildman–Crippen MR) is 91.7 cm³/mol. The first-order chi connectivity index (χ1) is 11.5. The summed E-state index contributed by atoms with van der Waals surface area (Å²) in [4.78, 5) is 20.6. The molecule has 2 heterocycles. The lowest BCUT2D eigenvalue weighted by molar-refractivity contribution is -0.160. The summed E-state index contributed by atoms with van der Waals surface area (Å²) >= 11 is 0. The number of aromatic nitrogens is 2. The Kier molecular flexibility index (Phi) is 6.77. The smallest absolute Gasteiger partial charge is 0.225 e. The minimum atomic E-state index is -0.587. The summed E-state index contributed by atoms with van der Waals surface area (Å²) in [6.45, 7) is 6.40. The molecule has 7 nitrogen and oxygen atoms in total. The van der Waals surface area contributed by atoms with Gasteiger partial charge in [0.15, 0.2) is 0 Å². The van der Waals surface area contributed by atoms with E-state index in [1.807, 2.05) is 12.4 Å². The van der Waals surface area contributed by atoms with E-state index in [0.717, 1.165) is 31.9 Å². The first-order valence-electron chi connectivity index (χ1n) is 8.55. The normalized spacial score (nSPS) is 21.8. The van der Waals surface area contributed by atoms with Gasteiger partial charge in [-0.05, 0) is 6.42 Å². The van der Waals surface area contributed by atoms with Crippen LogP contribution in [0.4, 0.5) is 0 Å². The third-order valence-corrected chi connectivity index (χ3v) is 4.34. The largest absolute Gasteiger partial charge is 0.382 e. The number of aryl methyl sites for hydroxylation is 1. The summed E-state index contributed by atoms with van der Waals surface area (Å²) in [6.07, 6.45) is 5.28. The van der Waals surface area contributed by atoms with Crippen molar-refractivity contribution in [2.24, 2.45) is 0 Å². The quantitative estimate of drug-likeness (QED) is 0.707. The molecule has 1 atom stereocenters. The van der Waals surface area contributed by atoms with Crippen LogP contribution in [0.3, 0.4) is 0 Å². The summed E-state index contributed by atoms with van der Waals surface area (Å²) in [6, 6.07) is 0. The van der Waals surface area contributed by atoms with Gasteiger partial charge in [-0.2, -0.15) is 0 Å². The van der Waals surface area contributed by atoms with E-state index in [1.54, 1.807) is 26.1 Å². The zero-order chi connectivity index (χ0) is 17.6. The van der Waals surface area contributed by atoms with Crippen molar-refractivity contribution < 1.29 is 14.3 Å². The van der Waals surface area contributed by atoms with E-state index in [2.05, 4.69) is 21.4 Å². The number of imidazole rings is 1. The topological polar surface area (TPSA) is 59.8 Å². The van der Waals surface area contributed by atoms with Crippen LogP contribution in [0.1, 0.15) is 25.6 Å². The molecule has 1 amide bonds. The summed E-state index contributed by atoms with van der Waals surface area (Å²) in [5.41, 5.74) is -0.587. The Morgan fingerprint density at radius 1 is 1.50 bits per heavy atom. The number of rotatable bonds is 8. The van der Waals surface area contributed by atoms with Crippen LogP contribution in [0.2, 0.25) is 0 Å². The zero-order valence-electron chi connectivity index (χ0n) is 15.3. The van der Waals surface area contributed by atoms with Crippen molar-refractivity contribution >= 4 is 5.91 Å². The average Bonchev–Trinajstić information content (AvgIpc) is 2.95. The third-order valence-electron chi connectivity index (χ3n) is 4.34. The Morgan fingerprint density at radius 2 is 2.29 bits per heavy atom. The molecule has 7 heteroatoms. The van der Waals surface area contributed by atoms with Crippen LogP contribution in [0, 0.1) is 0 Å². The number of carbonyl (C=O) groups is 1. The number of methoxy groups -OCH3 is 1. The van der Waals surface area contributed by atoms with Gasteiger partial charge in [0.25, 0.3) is 0 Å². The number of nitrogens with zero attached hydrogens (tertiary/aromatic N) is 4. The number of amides is 1. The number of morpholine rings is 1. The second-order valence-electron chi connectivity index (χ2n) is 6.68. The van der Waals surface area contributed by atoms with Crippen molar-refractivity contribution in [1.29, 1.82) is 0 Å². The molecule has 1 fully saturated rings. The fourth-order valence-corrected chi connectivity index (χ4v) is 3.14.